The molecule has 0 heterocycles. The van der Waals surface area contributed by atoms with Gasteiger partial charge < -0.3 is 9.84 Å². The second kappa shape index (κ2) is 5.21. The third kappa shape index (κ3) is 2.43. The molecule has 3 heteroatoms. The normalized spacial score (nSPS) is 12.3. The molecule has 1 atom stereocenters. The topological polar surface area (TPSA) is 46.5 Å². The lowest BCUT2D eigenvalue weighted by molar-refractivity contribution is -0.138. The molecule has 0 radical (unpaired) electrons. The maximum atomic E-state index is 11.2. The standard InChI is InChI=1S/C14H20O3/c1-6-11(14(15)16)12-7-8(2)13(17-5)10(4)9(12)3/h7,11H,6H2,1-5H3,(H,15,16). The monoisotopic (exact) mass is 236 g/mol. The molecule has 0 saturated heterocycles. The van der Waals surface area contributed by atoms with Gasteiger partial charge >= 0.3 is 5.97 Å². The highest BCUT2D eigenvalue weighted by Crippen LogP contribution is 2.33. The summed E-state index contributed by atoms with van der Waals surface area (Å²) in [7, 11) is 1.64. The number of carbonyl (C=O) groups is 1. The van der Waals surface area contributed by atoms with Gasteiger partial charge in [0.25, 0.3) is 0 Å². The van der Waals surface area contributed by atoms with Crippen molar-refractivity contribution in [1.82, 2.24) is 0 Å². The number of aliphatic carboxylic acids is 1. The second-order valence-electron chi connectivity index (χ2n) is 4.37. The Morgan fingerprint density at radius 3 is 2.35 bits per heavy atom. The molecule has 1 unspecified atom stereocenters. The molecule has 0 amide bonds. The van der Waals surface area contributed by atoms with Crippen molar-refractivity contribution in [3.05, 3.63) is 28.3 Å². The summed E-state index contributed by atoms with van der Waals surface area (Å²) < 4.78 is 5.34. The van der Waals surface area contributed by atoms with E-state index in [0.717, 1.165) is 28.0 Å². The van der Waals surface area contributed by atoms with E-state index in [0.29, 0.717) is 6.42 Å². The maximum absolute atomic E-state index is 11.2. The van der Waals surface area contributed by atoms with Crippen LogP contribution in [0.5, 0.6) is 5.75 Å². The summed E-state index contributed by atoms with van der Waals surface area (Å²) in [6, 6.07) is 1.93. The van der Waals surface area contributed by atoms with Gasteiger partial charge in [0.2, 0.25) is 0 Å². The van der Waals surface area contributed by atoms with Crippen LogP contribution in [-0.4, -0.2) is 18.2 Å². The average Bonchev–Trinajstić information content (AvgIpc) is 2.26. The number of aryl methyl sites for hydroxylation is 1. The molecule has 1 aromatic carbocycles. The summed E-state index contributed by atoms with van der Waals surface area (Å²) >= 11 is 0. The number of rotatable bonds is 4. The SMILES string of the molecule is CCC(C(=O)O)c1cc(C)c(OC)c(C)c1C. The number of ether oxygens (including phenoxy) is 1. The van der Waals surface area contributed by atoms with Crippen LogP contribution in [-0.2, 0) is 4.79 Å². The third-order valence-corrected chi connectivity index (χ3v) is 3.35. The van der Waals surface area contributed by atoms with Crippen LogP contribution in [0.15, 0.2) is 6.07 Å². The molecule has 0 aliphatic rings. The molecule has 0 aliphatic heterocycles. The quantitative estimate of drug-likeness (QED) is 0.873. The van der Waals surface area contributed by atoms with Crippen molar-refractivity contribution < 1.29 is 14.6 Å². The van der Waals surface area contributed by atoms with Crippen molar-refractivity contribution >= 4 is 5.97 Å². The smallest absolute Gasteiger partial charge is 0.310 e. The Morgan fingerprint density at radius 1 is 1.35 bits per heavy atom. The van der Waals surface area contributed by atoms with Crippen molar-refractivity contribution in [3.8, 4) is 5.75 Å². The first-order valence-corrected chi connectivity index (χ1v) is 5.81. The van der Waals surface area contributed by atoms with Crippen LogP contribution in [0.2, 0.25) is 0 Å². The van der Waals surface area contributed by atoms with Gasteiger partial charge in [0.1, 0.15) is 5.75 Å². The first-order valence-electron chi connectivity index (χ1n) is 5.81. The van der Waals surface area contributed by atoms with Gasteiger partial charge in [0.15, 0.2) is 0 Å². The van der Waals surface area contributed by atoms with Gasteiger partial charge in [0, 0.05) is 0 Å². The Morgan fingerprint density at radius 2 is 1.94 bits per heavy atom. The first kappa shape index (κ1) is 13.6. The van der Waals surface area contributed by atoms with E-state index in [1.54, 1.807) is 7.11 Å². The Hall–Kier alpha value is -1.51. The number of benzene rings is 1. The Labute approximate surface area is 102 Å². The zero-order chi connectivity index (χ0) is 13.2. The van der Waals surface area contributed by atoms with Crippen LogP contribution in [0.4, 0.5) is 0 Å². The van der Waals surface area contributed by atoms with Gasteiger partial charge in [-0.25, -0.2) is 0 Å². The highest BCUT2D eigenvalue weighted by atomic mass is 16.5. The number of hydrogen-bond donors (Lipinski definition) is 1. The molecule has 1 N–H and O–H groups in total. The third-order valence-electron chi connectivity index (χ3n) is 3.35. The van der Waals surface area contributed by atoms with E-state index >= 15 is 0 Å². The number of hydrogen-bond acceptors (Lipinski definition) is 2. The Balaban J connectivity index is 3.41. The van der Waals surface area contributed by atoms with Gasteiger partial charge in [0.05, 0.1) is 13.0 Å². The van der Waals surface area contributed by atoms with E-state index in [2.05, 4.69) is 0 Å². The van der Waals surface area contributed by atoms with Gasteiger partial charge in [-0.15, -0.1) is 0 Å². The maximum Gasteiger partial charge on any atom is 0.310 e. The number of carboxylic acid groups (broad SMARTS) is 1. The molecule has 0 saturated carbocycles. The minimum atomic E-state index is -0.764. The van der Waals surface area contributed by atoms with E-state index in [-0.39, 0.29) is 0 Å². The fraction of sp³-hybridized carbons (Fsp3) is 0.500. The van der Waals surface area contributed by atoms with Gasteiger partial charge in [-0.05, 0) is 49.4 Å². The van der Waals surface area contributed by atoms with E-state index in [1.165, 1.54) is 0 Å². The van der Waals surface area contributed by atoms with E-state index in [9.17, 15) is 9.90 Å². The Bertz CT molecular complexity index is 436. The molecular formula is C14H20O3. The highest BCUT2D eigenvalue weighted by Gasteiger charge is 2.22. The molecule has 94 valence electrons. The van der Waals surface area contributed by atoms with Crippen LogP contribution in [0, 0.1) is 20.8 Å². The molecule has 0 aromatic heterocycles. The van der Waals surface area contributed by atoms with Crippen molar-refractivity contribution in [2.75, 3.05) is 7.11 Å². The summed E-state index contributed by atoms with van der Waals surface area (Å²) in [4.78, 5) is 11.2. The molecule has 0 fully saturated rings. The average molecular weight is 236 g/mol. The molecule has 17 heavy (non-hydrogen) atoms. The van der Waals surface area contributed by atoms with E-state index in [1.807, 2.05) is 33.8 Å². The molecule has 0 aliphatic carbocycles. The number of methoxy groups -OCH3 is 1. The fourth-order valence-electron chi connectivity index (χ4n) is 2.29. The fourth-order valence-corrected chi connectivity index (χ4v) is 2.29. The summed E-state index contributed by atoms with van der Waals surface area (Å²) in [5, 5.41) is 9.23. The van der Waals surface area contributed by atoms with E-state index in [4.69, 9.17) is 4.74 Å². The predicted molar refractivity (Wildman–Crippen MR) is 67.9 cm³/mol. The minimum absolute atomic E-state index is 0.432. The molecule has 1 rings (SSSR count). The predicted octanol–water partition coefficient (Wildman–Crippen LogP) is 3.20. The van der Waals surface area contributed by atoms with E-state index < -0.39 is 11.9 Å². The number of carboxylic acids is 1. The van der Waals surface area contributed by atoms with Crippen LogP contribution >= 0.6 is 0 Å². The van der Waals surface area contributed by atoms with Gasteiger partial charge in [-0.1, -0.05) is 13.0 Å². The van der Waals surface area contributed by atoms with Crippen molar-refractivity contribution in [1.29, 1.82) is 0 Å². The van der Waals surface area contributed by atoms with Crippen molar-refractivity contribution in [2.24, 2.45) is 0 Å². The lowest BCUT2D eigenvalue weighted by atomic mass is 9.88. The summed E-state index contributed by atoms with van der Waals surface area (Å²) in [5.74, 6) is -0.343. The van der Waals surface area contributed by atoms with Crippen molar-refractivity contribution in [3.63, 3.8) is 0 Å². The summed E-state index contributed by atoms with van der Waals surface area (Å²) in [6.45, 7) is 7.77. The molecule has 0 bridgehead atoms. The van der Waals surface area contributed by atoms with Crippen LogP contribution in [0.25, 0.3) is 0 Å². The highest BCUT2D eigenvalue weighted by molar-refractivity contribution is 5.77. The molecule has 0 spiro atoms. The molecular weight excluding hydrogens is 216 g/mol. The van der Waals surface area contributed by atoms with Gasteiger partial charge in [-0.2, -0.15) is 0 Å². The minimum Gasteiger partial charge on any atom is -0.496 e. The van der Waals surface area contributed by atoms with Crippen LogP contribution in [0.1, 0.15) is 41.5 Å². The molecule has 3 nitrogen and oxygen atoms in total. The Kier molecular flexibility index (Phi) is 4.16. The van der Waals surface area contributed by atoms with Crippen LogP contribution < -0.4 is 4.74 Å². The largest absolute Gasteiger partial charge is 0.496 e. The zero-order valence-corrected chi connectivity index (χ0v) is 11.1. The zero-order valence-electron chi connectivity index (χ0n) is 11.1. The van der Waals surface area contributed by atoms with Crippen molar-refractivity contribution in [2.45, 2.75) is 40.0 Å². The second-order valence-corrected chi connectivity index (χ2v) is 4.37. The summed E-state index contributed by atoms with van der Waals surface area (Å²) in [6.07, 6.45) is 0.599. The van der Waals surface area contributed by atoms with Crippen LogP contribution in [0.3, 0.4) is 0 Å². The van der Waals surface area contributed by atoms with Gasteiger partial charge in [-0.3, -0.25) is 4.79 Å². The first-order chi connectivity index (χ1) is 7.93. The lowest BCUT2D eigenvalue weighted by Gasteiger charge is -2.19. The molecule has 1 aromatic rings. The summed E-state index contributed by atoms with van der Waals surface area (Å²) in [5.41, 5.74) is 3.94. The lowest BCUT2D eigenvalue weighted by Crippen LogP contribution is -2.13.